The summed E-state index contributed by atoms with van der Waals surface area (Å²) in [5.74, 6) is 1.53. The molecule has 5 heteroatoms. The maximum atomic E-state index is 10.4. The van der Waals surface area contributed by atoms with Crippen LogP contribution in [0.5, 0.6) is 5.75 Å². The van der Waals surface area contributed by atoms with E-state index in [1.807, 2.05) is 31.2 Å². The van der Waals surface area contributed by atoms with Crippen LogP contribution in [-0.4, -0.2) is 42.4 Å². The van der Waals surface area contributed by atoms with Gasteiger partial charge in [-0.05, 0) is 31.5 Å². The lowest BCUT2D eigenvalue weighted by atomic mass is 10.0. The quantitative estimate of drug-likeness (QED) is 0.845. The molecule has 0 aliphatic carbocycles. The first-order valence-electron chi connectivity index (χ1n) is 8.52. The van der Waals surface area contributed by atoms with Crippen molar-refractivity contribution < 1.29 is 19.0 Å². The average molecular weight is 331 g/mol. The van der Waals surface area contributed by atoms with E-state index in [-0.39, 0.29) is 6.04 Å². The molecule has 2 atom stereocenters. The summed E-state index contributed by atoms with van der Waals surface area (Å²) in [4.78, 5) is 2.35. The lowest BCUT2D eigenvalue weighted by Crippen LogP contribution is -2.45. The van der Waals surface area contributed by atoms with Crippen molar-refractivity contribution in [2.24, 2.45) is 0 Å². The minimum Gasteiger partial charge on any atom is -0.494 e. The van der Waals surface area contributed by atoms with E-state index in [0.29, 0.717) is 32.0 Å². The second-order valence-corrected chi connectivity index (χ2v) is 6.01. The Morgan fingerprint density at radius 2 is 2.17 bits per heavy atom. The Morgan fingerprint density at radius 3 is 2.96 bits per heavy atom. The number of nitrogens with zero attached hydrogens (tertiary/aromatic N) is 1. The van der Waals surface area contributed by atoms with E-state index in [4.69, 9.17) is 13.9 Å². The molecule has 2 unspecified atom stereocenters. The highest BCUT2D eigenvalue weighted by atomic mass is 16.5. The molecule has 0 bridgehead atoms. The van der Waals surface area contributed by atoms with Gasteiger partial charge in [0, 0.05) is 24.7 Å². The topological polar surface area (TPSA) is 55.1 Å². The summed E-state index contributed by atoms with van der Waals surface area (Å²) in [6.07, 6.45) is 1.56. The van der Waals surface area contributed by atoms with E-state index in [2.05, 4.69) is 11.0 Å². The maximum absolute atomic E-state index is 10.4. The first-order chi connectivity index (χ1) is 11.8. The van der Waals surface area contributed by atoms with Crippen LogP contribution < -0.4 is 4.74 Å². The molecule has 2 aromatic rings. The van der Waals surface area contributed by atoms with E-state index in [9.17, 15) is 5.11 Å². The van der Waals surface area contributed by atoms with Crippen LogP contribution >= 0.6 is 0 Å². The molecule has 0 saturated carbocycles. The van der Waals surface area contributed by atoms with Gasteiger partial charge < -0.3 is 19.0 Å². The maximum Gasteiger partial charge on any atom is 0.132 e. The lowest BCUT2D eigenvalue weighted by molar-refractivity contribution is -0.0325. The third kappa shape index (κ3) is 4.17. The van der Waals surface area contributed by atoms with Crippen LogP contribution in [0, 0.1) is 0 Å². The van der Waals surface area contributed by atoms with Crippen LogP contribution in [0.15, 0.2) is 47.1 Å². The summed E-state index contributed by atoms with van der Waals surface area (Å²) in [7, 11) is 0. The van der Waals surface area contributed by atoms with Crippen LogP contribution in [0.4, 0.5) is 0 Å². The molecular formula is C19H25NO4. The summed E-state index contributed by atoms with van der Waals surface area (Å²) in [6.45, 7) is 5.61. The number of benzene rings is 1. The molecule has 0 amide bonds. The summed E-state index contributed by atoms with van der Waals surface area (Å²) >= 11 is 0. The Kier molecular flexibility index (Phi) is 5.91. The summed E-state index contributed by atoms with van der Waals surface area (Å²) in [5, 5.41) is 10.4. The van der Waals surface area contributed by atoms with Gasteiger partial charge in [-0.15, -0.1) is 0 Å². The molecule has 1 aliphatic rings. The first kappa shape index (κ1) is 17.0. The molecule has 1 aromatic carbocycles. The highest BCUT2D eigenvalue weighted by molar-refractivity contribution is 5.33. The zero-order valence-corrected chi connectivity index (χ0v) is 14.1. The van der Waals surface area contributed by atoms with Gasteiger partial charge in [0.15, 0.2) is 0 Å². The second kappa shape index (κ2) is 8.33. The van der Waals surface area contributed by atoms with Gasteiger partial charge in [0.05, 0.1) is 26.1 Å². The van der Waals surface area contributed by atoms with Gasteiger partial charge in [-0.25, -0.2) is 0 Å². The molecule has 1 N–H and O–H groups in total. The fraction of sp³-hybridized carbons (Fsp3) is 0.474. The highest BCUT2D eigenvalue weighted by Gasteiger charge is 2.27. The van der Waals surface area contributed by atoms with Crippen molar-refractivity contribution in [2.45, 2.75) is 32.0 Å². The van der Waals surface area contributed by atoms with Crippen molar-refractivity contribution in [3.05, 3.63) is 54.0 Å². The van der Waals surface area contributed by atoms with E-state index < -0.39 is 6.10 Å². The largest absolute Gasteiger partial charge is 0.494 e. The van der Waals surface area contributed by atoms with Crippen LogP contribution in [0.1, 0.15) is 30.8 Å². The van der Waals surface area contributed by atoms with Crippen molar-refractivity contribution in [3.63, 3.8) is 0 Å². The first-order valence-corrected chi connectivity index (χ1v) is 8.52. The molecule has 1 aliphatic heterocycles. The predicted octanol–water partition coefficient (Wildman–Crippen LogP) is 3.00. The fourth-order valence-corrected chi connectivity index (χ4v) is 3.12. The molecule has 2 heterocycles. The molecule has 24 heavy (non-hydrogen) atoms. The van der Waals surface area contributed by atoms with Gasteiger partial charge in [0.1, 0.15) is 17.6 Å². The van der Waals surface area contributed by atoms with Crippen molar-refractivity contribution >= 4 is 0 Å². The SMILES string of the molecule is CCOc1ccccc1CN1CCOCC1CC(O)c1ccco1. The van der Waals surface area contributed by atoms with Crippen LogP contribution in [0.2, 0.25) is 0 Å². The van der Waals surface area contributed by atoms with Crippen molar-refractivity contribution in [1.29, 1.82) is 0 Å². The third-order valence-electron chi connectivity index (χ3n) is 4.36. The van der Waals surface area contributed by atoms with E-state index in [0.717, 1.165) is 18.8 Å². The van der Waals surface area contributed by atoms with Crippen LogP contribution in [0.25, 0.3) is 0 Å². The fourth-order valence-electron chi connectivity index (χ4n) is 3.12. The highest BCUT2D eigenvalue weighted by Crippen LogP contribution is 2.26. The number of rotatable bonds is 7. The smallest absolute Gasteiger partial charge is 0.132 e. The number of furan rings is 1. The zero-order valence-electron chi connectivity index (χ0n) is 14.1. The standard InChI is InChI=1S/C19H25NO4/c1-2-23-18-7-4-3-6-15(18)13-20-9-11-22-14-16(20)12-17(21)19-8-5-10-24-19/h3-8,10,16-17,21H,2,9,11-14H2,1H3. The van der Waals surface area contributed by atoms with E-state index in [1.165, 1.54) is 5.56 Å². The molecule has 0 spiro atoms. The predicted molar refractivity (Wildman–Crippen MR) is 90.9 cm³/mol. The Morgan fingerprint density at radius 1 is 1.29 bits per heavy atom. The molecule has 1 fully saturated rings. The summed E-state index contributed by atoms with van der Waals surface area (Å²) in [5.41, 5.74) is 1.17. The molecular weight excluding hydrogens is 306 g/mol. The van der Waals surface area contributed by atoms with Gasteiger partial charge in [0.2, 0.25) is 0 Å². The molecule has 3 rings (SSSR count). The number of hydrogen-bond donors (Lipinski definition) is 1. The molecule has 1 saturated heterocycles. The van der Waals surface area contributed by atoms with E-state index >= 15 is 0 Å². The number of aliphatic hydroxyl groups is 1. The van der Waals surface area contributed by atoms with Gasteiger partial charge in [-0.2, -0.15) is 0 Å². The van der Waals surface area contributed by atoms with Crippen LogP contribution in [0.3, 0.4) is 0 Å². The summed E-state index contributed by atoms with van der Waals surface area (Å²) in [6, 6.07) is 11.9. The number of aliphatic hydroxyl groups excluding tert-OH is 1. The molecule has 5 nitrogen and oxygen atoms in total. The summed E-state index contributed by atoms with van der Waals surface area (Å²) < 4.78 is 16.7. The number of hydrogen-bond acceptors (Lipinski definition) is 5. The number of para-hydroxylation sites is 1. The van der Waals surface area contributed by atoms with Crippen molar-refractivity contribution in [3.8, 4) is 5.75 Å². The molecule has 0 radical (unpaired) electrons. The van der Waals surface area contributed by atoms with Gasteiger partial charge in [-0.3, -0.25) is 4.90 Å². The van der Waals surface area contributed by atoms with Crippen molar-refractivity contribution in [2.75, 3.05) is 26.4 Å². The average Bonchev–Trinajstić information content (AvgIpc) is 3.13. The normalized spacial score (nSPS) is 20.0. The van der Waals surface area contributed by atoms with Gasteiger partial charge >= 0.3 is 0 Å². The Balaban J connectivity index is 1.68. The van der Waals surface area contributed by atoms with Gasteiger partial charge in [-0.1, -0.05) is 18.2 Å². The third-order valence-corrected chi connectivity index (χ3v) is 4.36. The zero-order chi connectivity index (χ0) is 16.8. The van der Waals surface area contributed by atoms with Crippen molar-refractivity contribution in [1.82, 2.24) is 4.90 Å². The van der Waals surface area contributed by atoms with E-state index in [1.54, 1.807) is 12.3 Å². The minimum atomic E-state index is -0.615. The number of ether oxygens (including phenoxy) is 2. The lowest BCUT2D eigenvalue weighted by Gasteiger charge is -2.36. The second-order valence-electron chi connectivity index (χ2n) is 6.01. The minimum absolute atomic E-state index is 0.147. The molecule has 1 aromatic heterocycles. The molecule has 130 valence electrons. The Labute approximate surface area is 142 Å². The Bertz CT molecular complexity index is 614. The monoisotopic (exact) mass is 331 g/mol. The van der Waals surface area contributed by atoms with Gasteiger partial charge in [0.25, 0.3) is 0 Å². The Hall–Kier alpha value is -1.82. The number of morpholine rings is 1. The van der Waals surface area contributed by atoms with Crippen LogP contribution in [-0.2, 0) is 11.3 Å².